The maximum atomic E-state index is 12.8. The lowest BCUT2D eigenvalue weighted by Crippen LogP contribution is -2.45. The number of benzene rings is 3. The van der Waals surface area contributed by atoms with E-state index in [1.807, 2.05) is 0 Å². The molecule has 1 amide bonds. The summed E-state index contributed by atoms with van der Waals surface area (Å²) in [6, 6.07) is 15.5. The summed E-state index contributed by atoms with van der Waals surface area (Å²) in [5.74, 6) is -0.307. The highest BCUT2D eigenvalue weighted by molar-refractivity contribution is 9.10. The van der Waals surface area contributed by atoms with Crippen LogP contribution in [0.25, 0.3) is 0 Å². The highest BCUT2D eigenvalue weighted by Crippen LogP contribution is 2.34. The monoisotopic (exact) mass is 715 g/mol. The van der Waals surface area contributed by atoms with Crippen molar-refractivity contribution in [3.63, 3.8) is 0 Å². The highest BCUT2D eigenvalue weighted by Gasteiger charge is 2.32. The number of halogens is 2. The highest BCUT2D eigenvalue weighted by atomic mass is 79.9. The molecule has 1 aliphatic heterocycles. The molecule has 3 N–H and O–H groups in total. The number of rotatable bonds is 12. The minimum atomic E-state index is -0.666. The van der Waals surface area contributed by atoms with Gasteiger partial charge in [0, 0.05) is 34.0 Å². The third-order valence-corrected chi connectivity index (χ3v) is 7.34. The molecule has 0 unspecified atom stereocenters. The van der Waals surface area contributed by atoms with E-state index in [0.717, 1.165) is 0 Å². The number of para-hydroxylation sites is 1. The van der Waals surface area contributed by atoms with Gasteiger partial charge in [-0.05, 0) is 77.9 Å². The zero-order valence-corrected chi connectivity index (χ0v) is 27.1. The molecular weight excluding hydrogens is 690 g/mol. The number of carbonyl (C=O) groups excluding carboxylic acids is 2. The van der Waals surface area contributed by atoms with Crippen LogP contribution < -0.4 is 25.5 Å². The number of amides is 1. The number of nitro benzene ring substituents is 1. The van der Waals surface area contributed by atoms with Crippen molar-refractivity contribution in [3.05, 3.63) is 108 Å². The van der Waals surface area contributed by atoms with Crippen LogP contribution in [0.4, 0.5) is 5.69 Å². The van der Waals surface area contributed by atoms with Crippen LogP contribution in [0.5, 0.6) is 11.5 Å². The Labute approximate surface area is 277 Å². The van der Waals surface area contributed by atoms with E-state index in [-0.39, 0.29) is 25.5 Å². The minimum absolute atomic E-state index is 0.0251. The summed E-state index contributed by atoms with van der Waals surface area (Å²) in [5, 5.41) is 21.7. The molecule has 1 atom stereocenters. The summed E-state index contributed by atoms with van der Waals surface area (Å²) in [7, 11) is 0. The Morgan fingerprint density at radius 3 is 2.62 bits per heavy atom. The Bertz CT molecular complexity index is 1680. The van der Waals surface area contributed by atoms with Gasteiger partial charge in [0.25, 0.3) is 11.6 Å². The zero-order valence-electron chi connectivity index (χ0n) is 24.0. The average molecular weight is 717 g/mol. The Balaban J connectivity index is 1.43. The molecule has 45 heavy (non-hydrogen) atoms. The first-order chi connectivity index (χ1) is 21.6. The van der Waals surface area contributed by atoms with E-state index in [1.165, 1.54) is 18.3 Å². The normalized spacial score (nSPS) is 14.4. The maximum absolute atomic E-state index is 12.8. The van der Waals surface area contributed by atoms with Crippen molar-refractivity contribution in [2.45, 2.75) is 26.5 Å². The van der Waals surface area contributed by atoms with E-state index in [1.54, 1.807) is 62.4 Å². The predicted octanol–water partition coefficient (Wildman–Crippen LogP) is 5.47. The average Bonchev–Trinajstić information content (AvgIpc) is 2.99. The Morgan fingerprint density at radius 2 is 1.91 bits per heavy atom. The fourth-order valence-electron chi connectivity index (χ4n) is 4.30. The molecule has 0 bridgehead atoms. The van der Waals surface area contributed by atoms with Gasteiger partial charge in [-0.1, -0.05) is 29.8 Å². The van der Waals surface area contributed by atoms with Crippen molar-refractivity contribution >= 4 is 68.6 Å². The molecule has 12 nitrogen and oxygen atoms in total. The molecule has 0 fully saturated rings. The lowest BCUT2D eigenvalue weighted by Gasteiger charge is -2.30. The van der Waals surface area contributed by atoms with Crippen molar-refractivity contribution in [1.82, 2.24) is 16.1 Å². The van der Waals surface area contributed by atoms with Gasteiger partial charge in [0.1, 0.15) is 18.1 Å². The number of nitro groups is 1. The first-order valence-electron chi connectivity index (χ1n) is 13.4. The number of nitrogens with zero attached hydrogens (tertiary/aromatic N) is 2. The summed E-state index contributed by atoms with van der Waals surface area (Å²) in [4.78, 5) is 35.9. The standard InChI is InChI=1S/C30H27BrClN5O7S/c1-3-42-29(39)26-17(2)34-30(45)35-27(26)22-6-4-5-7-24(22)43-16-25(38)36-33-14-19-12-20(32)13-23(31)28(19)44-15-18-8-10-21(11-9-18)37(40)41/h4-14,27H,3,15-16H2,1-2H3,(H,36,38)(H2,34,35,45)/t27-/m1/s1. The van der Waals surface area contributed by atoms with Crippen LogP contribution in [0.3, 0.4) is 0 Å². The largest absolute Gasteiger partial charge is 0.487 e. The summed E-state index contributed by atoms with van der Waals surface area (Å²) in [5.41, 5.74) is 5.03. The number of ether oxygens (including phenoxy) is 3. The van der Waals surface area contributed by atoms with Gasteiger partial charge in [-0.25, -0.2) is 10.2 Å². The van der Waals surface area contributed by atoms with Crippen LogP contribution in [0.15, 0.2) is 81.5 Å². The topological polar surface area (TPSA) is 153 Å². The lowest BCUT2D eigenvalue weighted by atomic mass is 9.95. The fourth-order valence-corrected chi connectivity index (χ4v) is 5.52. The van der Waals surface area contributed by atoms with Gasteiger partial charge in [-0.3, -0.25) is 14.9 Å². The number of allylic oxidation sites excluding steroid dienone is 1. The van der Waals surface area contributed by atoms with E-state index in [9.17, 15) is 19.7 Å². The number of thiocarbonyl (C=S) groups is 1. The molecule has 0 radical (unpaired) electrons. The summed E-state index contributed by atoms with van der Waals surface area (Å²) >= 11 is 15.0. The molecular formula is C30H27BrClN5O7S. The van der Waals surface area contributed by atoms with Gasteiger partial charge in [0.05, 0.1) is 33.8 Å². The van der Waals surface area contributed by atoms with E-state index in [2.05, 4.69) is 37.1 Å². The molecule has 0 aromatic heterocycles. The maximum Gasteiger partial charge on any atom is 0.338 e. The molecule has 3 aromatic rings. The minimum Gasteiger partial charge on any atom is -0.487 e. The number of hydrogen-bond acceptors (Lipinski definition) is 9. The van der Waals surface area contributed by atoms with Crippen molar-refractivity contribution in [1.29, 1.82) is 0 Å². The van der Waals surface area contributed by atoms with Crippen molar-refractivity contribution in [2.75, 3.05) is 13.2 Å². The van der Waals surface area contributed by atoms with Crippen LogP contribution in [-0.4, -0.2) is 41.3 Å². The van der Waals surface area contributed by atoms with Crippen LogP contribution >= 0.6 is 39.7 Å². The number of esters is 1. The van der Waals surface area contributed by atoms with E-state index in [0.29, 0.717) is 54.1 Å². The Morgan fingerprint density at radius 1 is 1.18 bits per heavy atom. The summed E-state index contributed by atoms with van der Waals surface area (Å²) in [6.07, 6.45) is 1.37. The number of non-ortho nitro benzene ring substituents is 1. The van der Waals surface area contributed by atoms with Crippen molar-refractivity contribution in [3.8, 4) is 11.5 Å². The van der Waals surface area contributed by atoms with E-state index < -0.39 is 22.8 Å². The van der Waals surface area contributed by atoms with Gasteiger partial charge in [-0.2, -0.15) is 5.10 Å². The Kier molecular flexibility index (Phi) is 11.5. The van der Waals surface area contributed by atoms with Gasteiger partial charge in [-0.15, -0.1) is 0 Å². The second kappa shape index (κ2) is 15.5. The molecule has 1 heterocycles. The van der Waals surface area contributed by atoms with Crippen LogP contribution in [0.1, 0.15) is 36.6 Å². The fraction of sp³-hybridized carbons (Fsp3) is 0.200. The molecule has 1 aliphatic rings. The van der Waals surface area contributed by atoms with Crippen LogP contribution in [0, 0.1) is 10.1 Å². The van der Waals surface area contributed by atoms with Gasteiger partial charge >= 0.3 is 5.97 Å². The van der Waals surface area contributed by atoms with Crippen LogP contribution in [-0.2, 0) is 20.9 Å². The quantitative estimate of drug-likeness (QED) is 0.0723. The number of hydrogen-bond donors (Lipinski definition) is 3. The van der Waals surface area contributed by atoms with E-state index >= 15 is 0 Å². The predicted molar refractivity (Wildman–Crippen MR) is 175 cm³/mol. The third kappa shape index (κ3) is 8.77. The van der Waals surface area contributed by atoms with Gasteiger partial charge in [0.2, 0.25) is 0 Å². The smallest absolute Gasteiger partial charge is 0.338 e. The molecule has 0 aliphatic carbocycles. The first-order valence-corrected chi connectivity index (χ1v) is 15.0. The number of carbonyl (C=O) groups is 2. The summed E-state index contributed by atoms with van der Waals surface area (Å²) < 4.78 is 17.6. The second-order valence-corrected chi connectivity index (χ2v) is 11.1. The van der Waals surface area contributed by atoms with Crippen molar-refractivity contribution < 1.29 is 28.7 Å². The number of hydrazone groups is 1. The van der Waals surface area contributed by atoms with Gasteiger partial charge < -0.3 is 24.8 Å². The zero-order chi connectivity index (χ0) is 32.5. The number of nitrogens with one attached hydrogen (secondary N) is 3. The lowest BCUT2D eigenvalue weighted by molar-refractivity contribution is -0.384. The molecule has 4 rings (SSSR count). The SMILES string of the molecule is CCOC(=O)C1=C(C)NC(=S)N[C@@H]1c1ccccc1OCC(=O)NN=Cc1cc(Cl)cc(Br)c1OCc1ccc([N+](=O)[O-])cc1. The van der Waals surface area contributed by atoms with Gasteiger partial charge in [0.15, 0.2) is 11.7 Å². The molecule has 0 spiro atoms. The molecule has 0 saturated carbocycles. The first kappa shape index (κ1) is 33.4. The molecule has 15 heteroatoms. The summed E-state index contributed by atoms with van der Waals surface area (Å²) in [6.45, 7) is 3.37. The molecule has 3 aromatic carbocycles. The Hall–Kier alpha value is -4.53. The van der Waals surface area contributed by atoms with Crippen LogP contribution in [0.2, 0.25) is 5.02 Å². The third-order valence-electron chi connectivity index (χ3n) is 6.31. The second-order valence-electron chi connectivity index (χ2n) is 9.43. The van der Waals surface area contributed by atoms with E-state index in [4.69, 9.17) is 38.0 Å². The molecule has 0 saturated heterocycles. The van der Waals surface area contributed by atoms with Crippen molar-refractivity contribution in [2.24, 2.45) is 5.10 Å². The molecule has 234 valence electrons.